The van der Waals surface area contributed by atoms with Crippen LogP contribution in [0.5, 0.6) is 5.75 Å². The second-order valence-electron chi connectivity index (χ2n) is 7.76. The molecule has 7 heteroatoms. The van der Waals surface area contributed by atoms with Gasteiger partial charge in [-0.15, -0.1) is 0 Å². The maximum atomic E-state index is 12.9. The summed E-state index contributed by atoms with van der Waals surface area (Å²) in [5.74, 6) is -0.387. The summed E-state index contributed by atoms with van der Waals surface area (Å²) in [6.07, 6.45) is 1.83. The number of likely N-dealkylation sites (N-methyl/N-ethyl adjacent to an activating group) is 1. The number of aryl methyl sites for hydroxylation is 1. The third-order valence-electron chi connectivity index (χ3n) is 5.19. The number of hydrogen-bond acceptors (Lipinski definition) is 5. The van der Waals surface area contributed by atoms with Crippen LogP contribution in [-0.2, 0) is 11.4 Å². The number of ether oxygens (including phenoxy) is 1. The summed E-state index contributed by atoms with van der Waals surface area (Å²) in [5, 5.41) is 9.73. The average Bonchev–Trinajstić information content (AvgIpc) is 3.12. The highest BCUT2D eigenvalue weighted by Gasteiger charge is 2.32. The van der Waals surface area contributed by atoms with E-state index in [0.29, 0.717) is 28.9 Å². The molecule has 1 aliphatic rings. The molecule has 1 amide bonds. The molecule has 1 N–H and O–H groups in total. The third-order valence-corrected chi connectivity index (χ3v) is 6.19. The maximum absolute atomic E-state index is 12.9. The second kappa shape index (κ2) is 10.4. The molecule has 0 aliphatic carbocycles. The topological polar surface area (TPSA) is 79.2 Å². The predicted molar refractivity (Wildman–Crippen MR) is 135 cm³/mol. The van der Waals surface area contributed by atoms with E-state index in [9.17, 15) is 14.7 Å². The lowest BCUT2D eigenvalue weighted by atomic mass is 10.1. The molecule has 4 rings (SSSR count). The number of carbonyl (C=O) groups is 2. The van der Waals surface area contributed by atoms with Gasteiger partial charge >= 0.3 is 5.97 Å². The summed E-state index contributed by atoms with van der Waals surface area (Å²) in [5.41, 5.74) is 3.83. The number of amidine groups is 1. The van der Waals surface area contributed by atoms with Crippen LogP contribution in [0.25, 0.3) is 6.08 Å². The SMILES string of the molecule is CCN1C(=O)/C(=C/c2ccc(OCc3cccc(C)c3)cc2)SC1=Nc1cccc(C(=O)O)c1. The molecule has 3 aromatic carbocycles. The van der Waals surface area contributed by atoms with Gasteiger partial charge in [-0.2, -0.15) is 0 Å². The fraction of sp³-hybridized carbons (Fsp3) is 0.148. The molecule has 6 nitrogen and oxygen atoms in total. The van der Waals surface area contributed by atoms with Crippen LogP contribution in [0.1, 0.15) is 34.0 Å². The first-order chi connectivity index (χ1) is 16.4. The second-order valence-corrected chi connectivity index (χ2v) is 8.77. The Labute approximate surface area is 202 Å². The Kier molecular flexibility index (Phi) is 7.13. The molecule has 1 aliphatic heterocycles. The molecular weight excluding hydrogens is 448 g/mol. The number of aromatic carboxylic acids is 1. The Morgan fingerprint density at radius 2 is 1.85 bits per heavy atom. The maximum Gasteiger partial charge on any atom is 0.335 e. The van der Waals surface area contributed by atoms with Crippen molar-refractivity contribution in [2.45, 2.75) is 20.5 Å². The highest BCUT2D eigenvalue weighted by molar-refractivity contribution is 8.18. The Bertz CT molecular complexity index is 1280. The van der Waals surface area contributed by atoms with Crippen LogP contribution in [0.15, 0.2) is 82.7 Å². The highest BCUT2D eigenvalue weighted by atomic mass is 32.2. The summed E-state index contributed by atoms with van der Waals surface area (Å²) < 4.78 is 5.88. The minimum atomic E-state index is -1.02. The van der Waals surface area contributed by atoms with Crippen LogP contribution in [0.3, 0.4) is 0 Å². The Hall–Kier alpha value is -3.84. The summed E-state index contributed by atoms with van der Waals surface area (Å²) in [6, 6.07) is 22.1. The molecule has 0 unspecified atom stereocenters. The number of nitrogens with zero attached hydrogens (tertiary/aromatic N) is 2. The number of thioether (sulfide) groups is 1. The summed E-state index contributed by atoms with van der Waals surface area (Å²) in [4.78, 5) is 30.8. The van der Waals surface area contributed by atoms with E-state index in [4.69, 9.17) is 4.74 Å². The van der Waals surface area contributed by atoms with Crippen LogP contribution >= 0.6 is 11.8 Å². The fourth-order valence-electron chi connectivity index (χ4n) is 3.47. The van der Waals surface area contributed by atoms with E-state index in [2.05, 4.69) is 24.0 Å². The quantitative estimate of drug-likeness (QED) is 0.433. The molecule has 34 heavy (non-hydrogen) atoms. The van der Waals surface area contributed by atoms with Gasteiger partial charge in [-0.25, -0.2) is 9.79 Å². The first-order valence-corrected chi connectivity index (χ1v) is 11.7. The molecule has 1 saturated heterocycles. The van der Waals surface area contributed by atoms with E-state index in [-0.39, 0.29) is 11.5 Å². The molecular formula is C27H24N2O4S. The molecule has 0 radical (unpaired) electrons. The van der Waals surface area contributed by atoms with E-state index >= 15 is 0 Å². The largest absolute Gasteiger partial charge is 0.489 e. The van der Waals surface area contributed by atoms with Gasteiger partial charge < -0.3 is 9.84 Å². The Morgan fingerprint density at radius 3 is 2.56 bits per heavy atom. The van der Waals surface area contributed by atoms with Crippen molar-refractivity contribution in [3.8, 4) is 5.75 Å². The number of carboxylic acids is 1. The number of hydrogen-bond donors (Lipinski definition) is 1. The predicted octanol–water partition coefficient (Wildman–Crippen LogP) is 5.90. The number of aliphatic imine (C=N–C) groups is 1. The zero-order valence-electron chi connectivity index (χ0n) is 18.9. The summed E-state index contributed by atoms with van der Waals surface area (Å²) in [6.45, 7) is 4.89. The van der Waals surface area contributed by atoms with Crippen molar-refractivity contribution in [3.05, 3.63) is 100.0 Å². The van der Waals surface area contributed by atoms with E-state index in [1.807, 2.05) is 49.4 Å². The number of carboxylic acid groups (broad SMARTS) is 1. The van der Waals surface area contributed by atoms with Crippen molar-refractivity contribution in [2.24, 2.45) is 4.99 Å². The molecule has 3 aromatic rings. The average molecular weight is 473 g/mol. The Balaban J connectivity index is 1.48. The van der Waals surface area contributed by atoms with E-state index < -0.39 is 5.97 Å². The minimum absolute atomic E-state index is 0.125. The standard InChI is InChI=1S/C27H24N2O4S/c1-3-29-25(30)24(34-27(29)28-22-9-5-8-21(16-22)26(31)32)15-19-10-12-23(13-11-19)33-17-20-7-4-6-18(2)14-20/h4-16H,3,17H2,1-2H3,(H,31,32)/b24-15-,28-27?. The van der Waals surface area contributed by atoms with Crippen molar-refractivity contribution >= 4 is 40.6 Å². The van der Waals surface area contributed by atoms with Crippen molar-refractivity contribution in [1.82, 2.24) is 4.90 Å². The monoisotopic (exact) mass is 472 g/mol. The van der Waals surface area contributed by atoms with Crippen LogP contribution in [-0.4, -0.2) is 33.6 Å². The molecule has 1 fully saturated rings. The lowest BCUT2D eigenvalue weighted by Gasteiger charge is -2.12. The minimum Gasteiger partial charge on any atom is -0.489 e. The van der Waals surface area contributed by atoms with Crippen molar-refractivity contribution < 1.29 is 19.4 Å². The molecule has 1 heterocycles. The Morgan fingerprint density at radius 1 is 1.09 bits per heavy atom. The number of carbonyl (C=O) groups excluding carboxylic acids is 1. The number of benzene rings is 3. The zero-order chi connectivity index (χ0) is 24.1. The molecule has 0 atom stereocenters. The zero-order valence-corrected chi connectivity index (χ0v) is 19.7. The van der Waals surface area contributed by atoms with Crippen LogP contribution < -0.4 is 4.74 Å². The molecule has 0 saturated carbocycles. The number of rotatable bonds is 7. The third kappa shape index (κ3) is 5.55. The summed E-state index contributed by atoms with van der Waals surface area (Å²) >= 11 is 1.28. The molecule has 0 aromatic heterocycles. The molecule has 0 bridgehead atoms. The lowest BCUT2D eigenvalue weighted by Crippen LogP contribution is -2.28. The van der Waals surface area contributed by atoms with Gasteiger partial charge in [0, 0.05) is 6.54 Å². The van der Waals surface area contributed by atoms with Crippen LogP contribution in [0.2, 0.25) is 0 Å². The van der Waals surface area contributed by atoms with Gasteiger partial charge in [-0.05, 0) is 73.1 Å². The van der Waals surface area contributed by atoms with Gasteiger partial charge in [-0.3, -0.25) is 9.69 Å². The van der Waals surface area contributed by atoms with Crippen molar-refractivity contribution in [3.63, 3.8) is 0 Å². The van der Waals surface area contributed by atoms with Gasteiger partial charge in [0.25, 0.3) is 5.91 Å². The van der Waals surface area contributed by atoms with Gasteiger partial charge in [0.1, 0.15) is 12.4 Å². The van der Waals surface area contributed by atoms with Crippen molar-refractivity contribution in [1.29, 1.82) is 0 Å². The first kappa shape index (κ1) is 23.3. The van der Waals surface area contributed by atoms with Gasteiger partial charge in [-0.1, -0.05) is 48.0 Å². The lowest BCUT2D eigenvalue weighted by molar-refractivity contribution is -0.122. The fourth-order valence-corrected chi connectivity index (χ4v) is 4.53. The normalized spacial score (nSPS) is 15.8. The van der Waals surface area contributed by atoms with Crippen LogP contribution in [0, 0.1) is 6.92 Å². The first-order valence-electron chi connectivity index (χ1n) is 10.8. The smallest absolute Gasteiger partial charge is 0.335 e. The van der Waals surface area contributed by atoms with E-state index in [1.165, 1.54) is 29.5 Å². The van der Waals surface area contributed by atoms with Crippen molar-refractivity contribution in [2.75, 3.05) is 6.54 Å². The number of amides is 1. The molecule has 172 valence electrons. The molecule has 0 spiro atoms. The van der Waals surface area contributed by atoms with Crippen LogP contribution in [0.4, 0.5) is 5.69 Å². The van der Waals surface area contributed by atoms with Gasteiger partial charge in [0.15, 0.2) is 5.17 Å². The van der Waals surface area contributed by atoms with E-state index in [0.717, 1.165) is 16.9 Å². The van der Waals surface area contributed by atoms with E-state index in [1.54, 1.807) is 17.0 Å². The van der Waals surface area contributed by atoms with Gasteiger partial charge in [0.05, 0.1) is 16.2 Å². The van der Waals surface area contributed by atoms with Gasteiger partial charge in [0.2, 0.25) is 0 Å². The summed E-state index contributed by atoms with van der Waals surface area (Å²) in [7, 11) is 0. The highest BCUT2D eigenvalue weighted by Crippen LogP contribution is 2.34.